The quantitative estimate of drug-likeness (QED) is 0.844. The zero-order chi connectivity index (χ0) is 11.1. The summed E-state index contributed by atoms with van der Waals surface area (Å²) in [5, 5.41) is 9.74. The second-order valence-corrected chi connectivity index (χ2v) is 3.55. The highest BCUT2D eigenvalue weighted by atomic mass is 19.3. The van der Waals surface area contributed by atoms with Gasteiger partial charge in [-0.05, 0) is 25.0 Å². The van der Waals surface area contributed by atoms with Gasteiger partial charge in [-0.25, -0.2) is 4.39 Å². The van der Waals surface area contributed by atoms with Crippen LogP contribution < -0.4 is 4.74 Å². The Bertz CT molecular complexity index is 375. The van der Waals surface area contributed by atoms with Gasteiger partial charge in [0.1, 0.15) is 11.6 Å². The average molecular weight is 218 g/mol. The van der Waals surface area contributed by atoms with E-state index in [0.717, 1.165) is 12.1 Å². The summed E-state index contributed by atoms with van der Waals surface area (Å²) in [4.78, 5) is 0. The van der Waals surface area contributed by atoms with Crippen LogP contribution in [-0.4, -0.2) is 11.7 Å². The molecule has 1 fully saturated rings. The molecule has 1 aromatic rings. The maximum absolute atomic E-state index is 12.8. The van der Waals surface area contributed by atoms with E-state index in [0.29, 0.717) is 12.8 Å². The highest BCUT2D eigenvalue weighted by molar-refractivity contribution is 5.41. The average Bonchev–Trinajstić information content (AvgIpc) is 2.83. The van der Waals surface area contributed by atoms with E-state index in [1.54, 1.807) is 0 Å². The molecule has 0 saturated heterocycles. The summed E-state index contributed by atoms with van der Waals surface area (Å²) in [6.45, 7) is -3.02. The molecule has 1 aromatic carbocycles. The number of halogens is 3. The molecule has 1 aliphatic rings. The molecule has 1 N–H and O–H groups in total. The predicted molar refractivity (Wildman–Crippen MR) is 46.2 cm³/mol. The van der Waals surface area contributed by atoms with Gasteiger partial charge < -0.3 is 9.84 Å². The van der Waals surface area contributed by atoms with E-state index in [2.05, 4.69) is 4.74 Å². The van der Waals surface area contributed by atoms with Crippen LogP contribution in [-0.2, 0) is 5.60 Å². The fraction of sp³-hybridized carbons (Fsp3) is 0.400. The van der Waals surface area contributed by atoms with Crippen molar-refractivity contribution in [2.75, 3.05) is 0 Å². The molecule has 1 saturated carbocycles. The van der Waals surface area contributed by atoms with Crippen molar-refractivity contribution in [3.05, 3.63) is 29.6 Å². The summed E-state index contributed by atoms with van der Waals surface area (Å²) in [7, 11) is 0. The van der Waals surface area contributed by atoms with Gasteiger partial charge in [0.15, 0.2) is 0 Å². The van der Waals surface area contributed by atoms with Crippen LogP contribution in [0.2, 0.25) is 0 Å². The third-order valence-electron chi connectivity index (χ3n) is 2.38. The zero-order valence-electron chi connectivity index (χ0n) is 7.71. The van der Waals surface area contributed by atoms with Crippen LogP contribution in [0.5, 0.6) is 5.75 Å². The van der Waals surface area contributed by atoms with Gasteiger partial charge in [0.2, 0.25) is 0 Å². The van der Waals surface area contributed by atoms with Crippen LogP contribution in [0.4, 0.5) is 13.2 Å². The molecule has 0 atom stereocenters. The number of rotatable bonds is 3. The van der Waals surface area contributed by atoms with Crippen molar-refractivity contribution in [1.82, 2.24) is 0 Å². The smallest absolute Gasteiger partial charge is 0.387 e. The Kier molecular flexibility index (Phi) is 2.34. The molecule has 5 heteroatoms. The molecule has 0 spiro atoms. The van der Waals surface area contributed by atoms with Crippen LogP contribution in [0.25, 0.3) is 0 Å². The lowest BCUT2D eigenvalue weighted by molar-refractivity contribution is -0.0520. The zero-order valence-corrected chi connectivity index (χ0v) is 7.71. The normalized spacial score (nSPS) is 17.9. The minimum atomic E-state index is -3.02. The summed E-state index contributed by atoms with van der Waals surface area (Å²) < 4.78 is 41.0. The SMILES string of the molecule is OC1(c2ccc(F)cc2OC(F)F)CC1. The first-order valence-corrected chi connectivity index (χ1v) is 4.48. The molecule has 0 heterocycles. The summed E-state index contributed by atoms with van der Waals surface area (Å²) in [6.07, 6.45) is 0.969. The molecule has 2 nitrogen and oxygen atoms in total. The van der Waals surface area contributed by atoms with Gasteiger partial charge in [0.05, 0.1) is 5.60 Å². The third kappa shape index (κ3) is 2.07. The Balaban J connectivity index is 2.35. The van der Waals surface area contributed by atoms with Gasteiger partial charge in [-0.2, -0.15) is 8.78 Å². The van der Waals surface area contributed by atoms with Crippen LogP contribution in [0, 0.1) is 5.82 Å². The summed E-state index contributed by atoms with van der Waals surface area (Å²) >= 11 is 0. The third-order valence-corrected chi connectivity index (χ3v) is 2.38. The predicted octanol–water partition coefficient (Wildman–Crippen LogP) is 2.41. The molecular formula is C10H9F3O2. The molecule has 2 rings (SSSR count). The molecule has 1 aliphatic carbocycles. The van der Waals surface area contributed by atoms with E-state index >= 15 is 0 Å². The van der Waals surface area contributed by atoms with Crippen LogP contribution in [0.3, 0.4) is 0 Å². The lowest BCUT2D eigenvalue weighted by Crippen LogP contribution is -2.11. The van der Waals surface area contributed by atoms with Gasteiger partial charge in [-0.1, -0.05) is 0 Å². The number of ether oxygens (including phenoxy) is 1. The number of hydrogen-bond donors (Lipinski definition) is 1. The highest BCUT2D eigenvalue weighted by Gasteiger charge is 2.44. The summed E-state index contributed by atoms with van der Waals surface area (Å²) in [6, 6.07) is 3.25. The van der Waals surface area contributed by atoms with E-state index in [-0.39, 0.29) is 11.3 Å². The van der Waals surface area contributed by atoms with Crippen LogP contribution in [0.1, 0.15) is 18.4 Å². The number of aliphatic hydroxyl groups is 1. The number of hydrogen-bond acceptors (Lipinski definition) is 2. The van der Waals surface area contributed by atoms with Crippen molar-refractivity contribution in [3.63, 3.8) is 0 Å². The van der Waals surface area contributed by atoms with E-state index in [9.17, 15) is 18.3 Å². The molecule has 0 bridgehead atoms. The topological polar surface area (TPSA) is 29.5 Å². The fourth-order valence-electron chi connectivity index (χ4n) is 1.46. The lowest BCUT2D eigenvalue weighted by Gasteiger charge is -2.14. The van der Waals surface area contributed by atoms with Crippen molar-refractivity contribution in [3.8, 4) is 5.75 Å². The molecule has 0 radical (unpaired) electrons. The number of benzene rings is 1. The lowest BCUT2D eigenvalue weighted by atomic mass is 10.1. The fourth-order valence-corrected chi connectivity index (χ4v) is 1.46. The van der Waals surface area contributed by atoms with E-state index in [4.69, 9.17) is 0 Å². The Morgan fingerprint density at radius 1 is 1.33 bits per heavy atom. The minimum Gasteiger partial charge on any atom is -0.434 e. The van der Waals surface area contributed by atoms with Crippen LogP contribution in [0.15, 0.2) is 18.2 Å². The Morgan fingerprint density at radius 2 is 2.00 bits per heavy atom. The second-order valence-electron chi connectivity index (χ2n) is 3.55. The van der Waals surface area contributed by atoms with Gasteiger partial charge in [0.25, 0.3) is 0 Å². The first-order chi connectivity index (χ1) is 7.01. The highest BCUT2D eigenvalue weighted by Crippen LogP contribution is 2.49. The van der Waals surface area contributed by atoms with Crippen molar-refractivity contribution in [1.29, 1.82) is 0 Å². The van der Waals surface area contributed by atoms with Crippen molar-refractivity contribution in [2.24, 2.45) is 0 Å². The van der Waals surface area contributed by atoms with E-state index in [1.165, 1.54) is 6.07 Å². The minimum absolute atomic E-state index is 0.226. The van der Waals surface area contributed by atoms with Crippen molar-refractivity contribution < 1.29 is 23.0 Å². The van der Waals surface area contributed by atoms with Gasteiger partial charge in [0, 0.05) is 11.6 Å². The van der Waals surface area contributed by atoms with Gasteiger partial charge in [-0.3, -0.25) is 0 Å². The maximum atomic E-state index is 12.8. The molecule has 15 heavy (non-hydrogen) atoms. The molecule has 0 amide bonds. The summed E-state index contributed by atoms with van der Waals surface area (Å²) in [5.74, 6) is -0.955. The Morgan fingerprint density at radius 3 is 2.53 bits per heavy atom. The van der Waals surface area contributed by atoms with Crippen molar-refractivity contribution in [2.45, 2.75) is 25.1 Å². The summed E-state index contributed by atoms with van der Waals surface area (Å²) in [5.41, 5.74) is -0.887. The largest absolute Gasteiger partial charge is 0.434 e. The number of alkyl halides is 2. The van der Waals surface area contributed by atoms with Crippen LogP contribution >= 0.6 is 0 Å². The van der Waals surface area contributed by atoms with E-state index in [1.807, 2.05) is 0 Å². The van der Waals surface area contributed by atoms with Gasteiger partial charge in [-0.15, -0.1) is 0 Å². The Hall–Kier alpha value is -1.23. The molecular weight excluding hydrogens is 209 g/mol. The van der Waals surface area contributed by atoms with Gasteiger partial charge >= 0.3 is 6.61 Å². The molecule has 0 aromatic heterocycles. The van der Waals surface area contributed by atoms with E-state index < -0.39 is 18.0 Å². The Labute approximate surface area is 84.3 Å². The first kappa shape index (κ1) is 10.3. The molecule has 0 aliphatic heterocycles. The second kappa shape index (κ2) is 3.41. The maximum Gasteiger partial charge on any atom is 0.387 e. The molecule has 82 valence electrons. The standard InChI is InChI=1S/C10H9F3O2/c11-6-1-2-7(10(14)3-4-10)8(5-6)15-9(12)13/h1-2,5,9,14H,3-4H2. The monoisotopic (exact) mass is 218 g/mol. The first-order valence-electron chi connectivity index (χ1n) is 4.48. The molecule has 0 unspecified atom stereocenters. The van der Waals surface area contributed by atoms with Crippen molar-refractivity contribution >= 4 is 0 Å².